The van der Waals surface area contributed by atoms with Gasteiger partial charge in [-0.2, -0.15) is 13.2 Å². The molecule has 2 rings (SSSR count). The number of alkyl halides is 3. The molecular weight excluding hydrogens is 281 g/mol. The Bertz CT molecular complexity index is 497. The van der Waals surface area contributed by atoms with Gasteiger partial charge in [-0.15, -0.1) is 0 Å². The molecular formula is C13H12ClF3O2. The van der Waals surface area contributed by atoms with Crippen molar-refractivity contribution in [1.82, 2.24) is 0 Å². The Morgan fingerprint density at radius 1 is 1.37 bits per heavy atom. The molecule has 1 aromatic rings. The predicted octanol–water partition coefficient (Wildman–Crippen LogP) is 3.73. The fourth-order valence-electron chi connectivity index (χ4n) is 2.06. The van der Waals surface area contributed by atoms with Crippen LogP contribution < -0.4 is 4.74 Å². The first-order valence-corrected chi connectivity index (χ1v) is 6.25. The van der Waals surface area contributed by atoms with E-state index in [-0.39, 0.29) is 6.42 Å². The highest BCUT2D eigenvalue weighted by Crippen LogP contribution is 2.33. The van der Waals surface area contributed by atoms with Crippen molar-refractivity contribution >= 4 is 17.4 Å². The second-order valence-corrected chi connectivity index (χ2v) is 4.92. The summed E-state index contributed by atoms with van der Waals surface area (Å²) in [7, 11) is 0. The molecule has 0 radical (unpaired) electrons. The van der Waals surface area contributed by atoms with Crippen molar-refractivity contribution in [2.24, 2.45) is 0 Å². The van der Waals surface area contributed by atoms with Gasteiger partial charge in [-0.1, -0.05) is 11.6 Å². The number of carbonyl (C=O) groups excluding carboxylic acids is 1. The summed E-state index contributed by atoms with van der Waals surface area (Å²) in [6.07, 6.45) is -5.26. The summed E-state index contributed by atoms with van der Waals surface area (Å²) >= 11 is 5.91. The summed E-state index contributed by atoms with van der Waals surface area (Å²) in [6.45, 7) is 0.513. The molecule has 0 saturated carbocycles. The molecule has 2 nitrogen and oxygen atoms in total. The zero-order chi connectivity index (χ0) is 14.0. The first-order chi connectivity index (χ1) is 8.85. The van der Waals surface area contributed by atoms with Gasteiger partial charge in [0.25, 0.3) is 0 Å². The minimum Gasteiger partial charge on any atom is -0.493 e. The van der Waals surface area contributed by atoms with Gasteiger partial charge in [0.05, 0.1) is 13.0 Å². The lowest BCUT2D eigenvalue weighted by molar-refractivity contribution is -0.143. The summed E-state index contributed by atoms with van der Waals surface area (Å²) in [5.41, 5.74) is 1.48. The summed E-state index contributed by atoms with van der Waals surface area (Å²) < 4.78 is 41.5. The van der Waals surface area contributed by atoms with Crippen molar-refractivity contribution in [3.05, 3.63) is 28.3 Å². The maximum Gasteiger partial charge on any atom is 0.389 e. The van der Waals surface area contributed by atoms with Gasteiger partial charge in [0.2, 0.25) is 0 Å². The van der Waals surface area contributed by atoms with Gasteiger partial charge in [-0.3, -0.25) is 4.79 Å². The van der Waals surface area contributed by atoms with E-state index < -0.39 is 24.8 Å². The lowest BCUT2D eigenvalue weighted by Gasteiger charge is -2.09. The minimum absolute atomic E-state index is 0.0705. The highest BCUT2D eigenvalue weighted by atomic mass is 35.5. The SMILES string of the molecule is O=C(CCC(F)(F)F)Cc1cc(Cl)cc2c1OCC2. The Labute approximate surface area is 113 Å². The molecule has 0 fully saturated rings. The van der Waals surface area contributed by atoms with E-state index in [9.17, 15) is 18.0 Å². The lowest BCUT2D eigenvalue weighted by Crippen LogP contribution is -2.12. The van der Waals surface area contributed by atoms with E-state index in [1.807, 2.05) is 0 Å². The Balaban J connectivity index is 2.05. The van der Waals surface area contributed by atoms with Crippen molar-refractivity contribution in [3.63, 3.8) is 0 Å². The van der Waals surface area contributed by atoms with Crippen molar-refractivity contribution in [2.45, 2.75) is 31.9 Å². The molecule has 0 spiro atoms. The highest BCUT2D eigenvalue weighted by Gasteiger charge is 2.28. The van der Waals surface area contributed by atoms with E-state index in [4.69, 9.17) is 16.3 Å². The zero-order valence-corrected chi connectivity index (χ0v) is 10.8. The third-order valence-corrected chi connectivity index (χ3v) is 3.12. The molecule has 0 aliphatic carbocycles. The van der Waals surface area contributed by atoms with Gasteiger partial charge < -0.3 is 4.74 Å². The Morgan fingerprint density at radius 3 is 2.79 bits per heavy atom. The molecule has 1 aliphatic heterocycles. The van der Waals surface area contributed by atoms with Crippen LogP contribution in [0.2, 0.25) is 5.02 Å². The maximum atomic E-state index is 12.0. The van der Waals surface area contributed by atoms with Crippen LogP contribution in [0.25, 0.3) is 0 Å². The molecule has 0 saturated heterocycles. The molecule has 104 valence electrons. The quantitative estimate of drug-likeness (QED) is 0.845. The Morgan fingerprint density at radius 2 is 2.11 bits per heavy atom. The average Bonchev–Trinajstić information content (AvgIpc) is 2.73. The van der Waals surface area contributed by atoms with Crippen molar-refractivity contribution < 1.29 is 22.7 Å². The fourth-order valence-corrected chi connectivity index (χ4v) is 2.32. The molecule has 1 heterocycles. The third kappa shape index (κ3) is 3.86. The molecule has 0 N–H and O–H groups in total. The second-order valence-electron chi connectivity index (χ2n) is 4.48. The fraction of sp³-hybridized carbons (Fsp3) is 0.462. The topological polar surface area (TPSA) is 26.3 Å². The number of hydrogen-bond donors (Lipinski definition) is 0. The zero-order valence-electron chi connectivity index (χ0n) is 10.0. The second kappa shape index (κ2) is 5.41. The number of benzene rings is 1. The number of fused-ring (bicyclic) bond motifs is 1. The van der Waals surface area contributed by atoms with E-state index in [0.717, 1.165) is 5.56 Å². The Hall–Kier alpha value is -1.23. The van der Waals surface area contributed by atoms with Crippen LogP contribution in [-0.2, 0) is 17.6 Å². The van der Waals surface area contributed by atoms with Crippen LogP contribution in [0, 0.1) is 0 Å². The monoisotopic (exact) mass is 292 g/mol. The van der Waals surface area contributed by atoms with Crippen molar-refractivity contribution in [1.29, 1.82) is 0 Å². The van der Waals surface area contributed by atoms with Crippen LogP contribution >= 0.6 is 11.6 Å². The average molecular weight is 293 g/mol. The van der Waals surface area contributed by atoms with Gasteiger partial charge in [0.15, 0.2) is 0 Å². The first kappa shape index (κ1) is 14.2. The molecule has 0 amide bonds. The smallest absolute Gasteiger partial charge is 0.389 e. The van der Waals surface area contributed by atoms with Gasteiger partial charge >= 0.3 is 6.18 Å². The summed E-state index contributed by atoms with van der Waals surface area (Å²) in [6, 6.07) is 3.34. The summed E-state index contributed by atoms with van der Waals surface area (Å²) in [4.78, 5) is 11.6. The predicted molar refractivity (Wildman–Crippen MR) is 64.7 cm³/mol. The van der Waals surface area contributed by atoms with Crippen LogP contribution in [0.3, 0.4) is 0 Å². The minimum atomic E-state index is -4.30. The summed E-state index contributed by atoms with van der Waals surface area (Å²) in [5, 5.41) is 0.475. The number of carbonyl (C=O) groups is 1. The molecule has 0 aromatic heterocycles. The van der Waals surface area contributed by atoms with Crippen molar-refractivity contribution in [3.8, 4) is 5.75 Å². The van der Waals surface area contributed by atoms with Crippen LogP contribution in [0.1, 0.15) is 24.0 Å². The number of halogens is 4. The van der Waals surface area contributed by atoms with Gasteiger partial charge in [0, 0.05) is 29.8 Å². The number of ketones is 1. The molecule has 0 unspecified atom stereocenters. The first-order valence-electron chi connectivity index (χ1n) is 5.88. The van der Waals surface area contributed by atoms with E-state index >= 15 is 0 Å². The van der Waals surface area contributed by atoms with Crippen LogP contribution in [-0.4, -0.2) is 18.6 Å². The molecule has 0 bridgehead atoms. The number of rotatable bonds is 4. The molecule has 19 heavy (non-hydrogen) atoms. The van der Waals surface area contributed by atoms with E-state index in [1.165, 1.54) is 0 Å². The van der Waals surface area contributed by atoms with Crippen molar-refractivity contribution in [2.75, 3.05) is 6.61 Å². The maximum absolute atomic E-state index is 12.0. The van der Waals surface area contributed by atoms with Crippen LogP contribution in [0.15, 0.2) is 12.1 Å². The van der Waals surface area contributed by atoms with Crippen LogP contribution in [0.4, 0.5) is 13.2 Å². The van der Waals surface area contributed by atoms with E-state index in [0.29, 0.717) is 29.4 Å². The Kier molecular flexibility index (Phi) is 4.04. The number of ether oxygens (including phenoxy) is 1. The van der Waals surface area contributed by atoms with Gasteiger partial charge in [0.1, 0.15) is 11.5 Å². The van der Waals surface area contributed by atoms with E-state index in [2.05, 4.69) is 0 Å². The van der Waals surface area contributed by atoms with Gasteiger partial charge in [-0.05, 0) is 17.7 Å². The highest BCUT2D eigenvalue weighted by molar-refractivity contribution is 6.30. The van der Waals surface area contributed by atoms with Gasteiger partial charge in [-0.25, -0.2) is 0 Å². The largest absolute Gasteiger partial charge is 0.493 e. The summed E-state index contributed by atoms with van der Waals surface area (Å²) in [5.74, 6) is 0.141. The normalized spacial score (nSPS) is 14.1. The standard InChI is InChI=1S/C13H12ClF3O2/c14-10-5-8-2-4-19-12(8)9(6-10)7-11(18)1-3-13(15,16)17/h5-6H,1-4,7H2. The van der Waals surface area contributed by atoms with E-state index in [1.54, 1.807) is 12.1 Å². The molecule has 1 aromatic carbocycles. The van der Waals surface area contributed by atoms with Crippen LogP contribution in [0.5, 0.6) is 5.75 Å². The molecule has 0 atom stereocenters. The number of Topliss-reactive ketones (excluding diaryl/α,β-unsaturated/α-hetero) is 1. The molecule has 1 aliphatic rings. The molecule has 6 heteroatoms. The third-order valence-electron chi connectivity index (χ3n) is 2.90. The lowest BCUT2D eigenvalue weighted by atomic mass is 10.0. The number of hydrogen-bond acceptors (Lipinski definition) is 2.